The number of piperidine rings is 1. The number of hydrogen-bond donors (Lipinski definition) is 2. The van der Waals surface area contributed by atoms with E-state index in [9.17, 15) is 5.11 Å². The van der Waals surface area contributed by atoms with E-state index in [4.69, 9.17) is 0 Å². The van der Waals surface area contributed by atoms with Gasteiger partial charge in [0.2, 0.25) is 0 Å². The fraction of sp³-hybridized carbons (Fsp3) is 0.688. The Bertz CT molecular complexity index is 422. The van der Waals surface area contributed by atoms with Crippen LogP contribution in [-0.4, -0.2) is 35.8 Å². The number of hydrogen-bond acceptors (Lipinski definition) is 4. The third-order valence-corrected chi connectivity index (χ3v) is 3.90. The smallest absolute Gasteiger partial charge is 0.133 e. The molecule has 1 aliphatic rings. The van der Waals surface area contributed by atoms with Crippen molar-refractivity contribution in [2.75, 3.05) is 24.5 Å². The molecule has 2 atom stereocenters. The van der Waals surface area contributed by atoms with E-state index >= 15 is 0 Å². The quantitative estimate of drug-likeness (QED) is 0.864. The fourth-order valence-corrected chi connectivity index (χ4v) is 2.67. The Morgan fingerprint density at radius 3 is 3.00 bits per heavy atom. The van der Waals surface area contributed by atoms with Gasteiger partial charge < -0.3 is 15.3 Å². The monoisotopic (exact) mass is 277 g/mol. The third-order valence-electron chi connectivity index (χ3n) is 3.90. The maximum Gasteiger partial charge on any atom is 0.133 e. The van der Waals surface area contributed by atoms with E-state index in [1.165, 1.54) is 5.56 Å². The highest BCUT2D eigenvalue weighted by atomic mass is 16.3. The van der Waals surface area contributed by atoms with Crippen LogP contribution in [0.3, 0.4) is 0 Å². The Morgan fingerprint density at radius 1 is 1.50 bits per heavy atom. The minimum Gasteiger partial charge on any atom is -0.393 e. The molecule has 2 heterocycles. The molecule has 1 aromatic rings. The Kier molecular flexibility index (Phi) is 5.38. The van der Waals surface area contributed by atoms with Gasteiger partial charge in [0.05, 0.1) is 6.10 Å². The van der Waals surface area contributed by atoms with Gasteiger partial charge in [-0.1, -0.05) is 26.8 Å². The zero-order chi connectivity index (χ0) is 14.5. The molecule has 4 nitrogen and oxygen atoms in total. The van der Waals surface area contributed by atoms with Crippen LogP contribution >= 0.6 is 0 Å². The van der Waals surface area contributed by atoms with Crippen LogP contribution in [0.25, 0.3) is 0 Å². The second-order valence-electron chi connectivity index (χ2n) is 6.29. The first-order valence-electron chi connectivity index (χ1n) is 7.65. The lowest BCUT2D eigenvalue weighted by Crippen LogP contribution is -2.42. The number of nitrogens with one attached hydrogen (secondary N) is 1. The van der Waals surface area contributed by atoms with Gasteiger partial charge in [-0.3, -0.25) is 0 Å². The summed E-state index contributed by atoms with van der Waals surface area (Å²) in [5, 5.41) is 13.3. The van der Waals surface area contributed by atoms with Gasteiger partial charge in [0.15, 0.2) is 0 Å². The topological polar surface area (TPSA) is 48.4 Å². The van der Waals surface area contributed by atoms with E-state index in [1.54, 1.807) is 0 Å². The summed E-state index contributed by atoms with van der Waals surface area (Å²) < 4.78 is 0. The first-order chi connectivity index (χ1) is 9.58. The Labute approximate surface area is 122 Å². The number of rotatable bonds is 5. The van der Waals surface area contributed by atoms with Crippen LogP contribution < -0.4 is 10.2 Å². The second kappa shape index (κ2) is 7.04. The highest BCUT2D eigenvalue weighted by Gasteiger charge is 2.25. The molecule has 1 fully saturated rings. The molecule has 1 aliphatic heterocycles. The van der Waals surface area contributed by atoms with Gasteiger partial charge in [-0.25, -0.2) is 4.98 Å². The molecule has 1 saturated heterocycles. The largest absolute Gasteiger partial charge is 0.393 e. The van der Waals surface area contributed by atoms with E-state index in [0.717, 1.165) is 38.4 Å². The molecule has 20 heavy (non-hydrogen) atoms. The molecule has 4 heteroatoms. The van der Waals surface area contributed by atoms with Gasteiger partial charge in [0.1, 0.15) is 5.82 Å². The first-order valence-corrected chi connectivity index (χ1v) is 7.65. The van der Waals surface area contributed by atoms with E-state index in [2.05, 4.69) is 42.0 Å². The molecule has 0 bridgehead atoms. The highest BCUT2D eigenvalue weighted by Crippen LogP contribution is 2.24. The van der Waals surface area contributed by atoms with Crippen LogP contribution in [0.2, 0.25) is 0 Å². The average Bonchev–Trinajstić information content (AvgIpc) is 2.42. The molecule has 0 saturated carbocycles. The summed E-state index contributed by atoms with van der Waals surface area (Å²) >= 11 is 0. The summed E-state index contributed by atoms with van der Waals surface area (Å²) in [6.45, 7) is 10.2. The molecular formula is C16H27N3O. The Balaban J connectivity index is 2.03. The van der Waals surface area contributed by atoms with Crippen molar-refractivity contribution in [3.05, 3.63) is 23.9 Å². The summed E-state index contributed by atoms with van der Waals surface area (Å²) in [6, 6.07) is 4.14. The zero-order valence-corrected chi connectivity index (χ0v) is 12.8. The van der Waals surface area contributed by atoms with E-state index < -0.39 is 0 Å². The molecule has 0 radical (unpaired) electrons. The van der Waals surface area contributed by atoms with Crippen molar-refractivity contribution in [3.8, 4) is 0 Å². The molecule has 0 aromatic carbocycles. The maximum absolute atomic E-state index is 9.85. The second-order valence-corrected chi connectivity index (χ2v) is 6.29. The van der Waals surface area contributed by atoms with Crippen molar-refractivity contribution in [2.45, 2.75) is 39.8 Å². The van der Waals surface area contributed by atoms with Crippen molar-refractivity contribution in [1.29, 1.82) is 0 Å². The number of aromatic nitrogens is 1. The lowest BCUT2D eigenvalue weighted by Gasteiger charge is -2.36. The standard InChI is InChI=1S/C16H27N3O/c1-12(2)9-17-10-14-5-4-7-18-16(14)19-8-6-15(20)13(3)11-19/h4-5,7,12-13,15,17,20H,6,8-11H2,1-3H3. The molecule has 0 spiro atoms. The molecule has 0 aliphatic carbocycles. The minimum absolute atomic E-state index is 0.169. The zero-order valence-electron chi connectivity index (χ0n) is 12.8. The lowest BCUT2D eigenvalue weighted by atomic mass is 9.96. The number of pyridine rings is 1. The molecule has 2 unspecified atom stereocenters. The normalized spacial score (nSPS) is 23.4. The molecule has 2 N–H and O–H groups in total. The van der Waals surface area contributed by atoms with Crippen LogP contribution in [0.4, 0.5) is 5.82 Å². The van der Waals surface area contributed by atoms with Crippen LogP contribution in [-0.2, 0) is 6.54 Å². The van der Waals surface area contributed by atoms with Crippen molar-refractivity contribution in [2.24, 2.45) is 11.8 Å². The molecule has 0 amide bonds. The van der Waals surface area contributed by atoms with E-state index in [1.807, 2.05) is 12.3 Å². The molecule has 112 valence electrons. The highest BCUT2D eigenvalue weighted by molar-refractivity contribution is 5.47. The van der Waals surface area contributed by atoms with Gasteiger partial charge in [0, 0.05) is 31.4 Å². The predicted molar refractivity (Wildman–Crippen MR) is 82.8 cm³/mol. The minimum atomic E-state index is -0.169. The molecule has 2 rings (SSSR count). The van der Waals surface area contributed by atoms with Gasteiger partial charge in [-0.2, -0.15) is 0 Å². The van der Waals surface area contributed by atoms with E-state index in [-0.39, 0.29) is 6.10 Å². The van der Waals surface area contributed by atoms with Crippen molar-refractivity contribution in [1.82, 2.24) is 10.3 Å². The molecular weight excluding hydrogens is 250 g/mol. The first kappa shape index (κ1) is 15.3. The van der Waals surface area contributed by atoms with Crippen LogP contribution in [0, 0.1) is 11.8 Å². The van der Waals surface area contributed by atoms with Crippen LogP contribution in [0.15, 0.2) is 18.3 Å². The summed E-state index contributed by atoms with van der Waals surface area (Å²) in [7, 11) is 0. The average molecular weight is 277 g/mol. The fourth-order valence-electron chi connectivity index (χ4n) is 2.67. The van der Waals surface area contributed by atoms with Crippen molar-refractivity contribution < 1.29 is 5.11 Å². The number of nitrogens with zero attached hydrogens (tertiary/aromatic N) is 2. The van der Waals surface area contributed by atoms with Gasteiger partial charge >= 0.3 is 0 Å². The lowest BCUT2D eigenvalue weighted by molar-refractivity contribution is 0.0968. The van der Waals surface area contributed by atoms with Crippen molar-refractivity contribution >= 4 is 5.82 Å². The predicted octanol–water partition coefficient (Wildman–Crippen LogP) is 2.03. The molecule has 1 aromatic heterocycles. The third kappa shape index (κ3) is 3.93. The van der Waals surface area contributed by atoms with Gasteiger partial charge in [-0.15, -0.1) is 0 Å². The SMILES string of the molecule is CC(C)CNCc1cccnc1N1CCC(O)C(C)C1. The summed E-state index contributed by atoms with van der Waals surface area (Å²) in [4.78, 5) is 6.87. The Morgan fingerprint density at radius 2 is 2.30 bits per heavy atom. The summed E-state index contributed by atoms with van der Waals surface area (Å²) in [5.41, 5.74) is 1.25. The summed E-state index contributed by atoms with van der Waals surface area (Å²) in [5.74, 6) is 2.03. The van der Waals surface area contributed by atoms with Gasteiger partial charge in [-0.05, 0) is 30.9 Å². The van der Waals surface area contributed by atoms with Crippen molar-refractivity contribution in [3.63, 3.8) is 0 Å². The van der Waals surface area contributed by atoms with E-state index in [0.29, 0.717) is 11.8 Å². The number of anilines is 1. The van der Waals surface area contributed by atoms with Crippen LogP contribution in [0.1, 0.15) is 32.8 Å². The number of aliphatic hydroxyl groups is 1. The number of aliphatic hydroxyl groups excluding tert-OH is 1. The summed E-state index contributed by atoms with van der Waals surface area (Å²) in [6.07, 6.45) is 2.52. The Hall–Kier alpha value is -1.13. The van der Waals surface area contributed by atoms with Crippen LogP contribution in [0.5, 0.6) is 0 Å². The maximum atomic E-state index is 9.85. The van der Waals surface area contributed by atoms with Gasteiger partial charge in [0.25, 0.3) is 0 Å².